The molecule has 1 unspecified atom stereocenters. The molecule has 0 amide bonds. The second-order valence-electron chi connectivity index (χ2n) is 5.22. The molecule has 0 bridgehead atoms. The van der Waals surface area contributed by atoms with E-state index in [4.69, 9.17) is 0 Å². The molecular weight excluding hydrogens is 242 g/mol. The van der Waals surface area contributed by atoms with E-state index in [1.807, 2.05) is 18.7 Å². The van der Waals surface area contributed by atoms with Crippen LogP contribution >= 0.6 is 11.8 Å². The summed E-state index contributed by atoms with van der Waals surface area (Å²) in [7, 11) is 0. The highest BCUT2D eigenvalue weighted by Gasteiger charge is 2.33. The van der Waals surface area contributed by atoms with Crippen LogP contribution in [0.2, 0.25) is 0 Å². The van der Waals surface area contributed by atoms with E-state index in [0.717, 1.165) is 17.9 Å². The van der Waals surface area contributed by atoms with Crippen molar-refractivity contribution >= 4 is 11.8 Å². The molecule has 4 heteroatoms. The largest absolute Gasteiger partial charge is 0.307 e. The molecule has 1 atom stereocenters. The fourth-order valence-electron chi connectivity index (χ4n) is 2.75. The minimum Gasteiger partial charge on any atom is -0.307 e. The summed E-state index contributed by atoms with van der Waals surface area (Å²) in [5, 5.41) is 3.65. The van der Waals surface area contributed by atoms with Gasteiger partial charge < -0.3 is 5.32 Å². The lowest BCUT2D eigenvalue weighted by Crippen LogP contribution is -2.36. The Kier molecular flexibility index (Phi) is 4.62. The molecule has 0 radical (unpaired) electrons. The SMILES string of the molecule is CSC1(CNC(C)c2nccnc2C)CCCC1. The number of nitrogens with one attached hydrogen (secondary N) is 1. The molecule has 1 N–H and O–H groups in total. The zero-order valence-corrected chi connectivity index (χ0v) is 12.4. The number of rotatable bonds is 5. The zero-order chi connectivity index (χ0) is 13.0. The van der Waals surface area contributed by atoms with Crippen LogP contribution in [0, 0.1) is 6.92 Å². The van der Waals surface area contributed by atoms with Crippen molar-refractivity contribution in [3.63, 3.8) is 0 Å². The Morgan fingerprint density at radius 1 is 1.33 bits per heavy atom. The molecule has 1 aliphatic rings. The van der Waals surface area contributed by atoms with E-state index in [-0.39, 0.29) is 6.04 Å². The van der Waals surface area contributed by atoms with Gasteiger partial charge in [0.05, 0.1) is 11.4 Å². The average Bonchev–Trinajstić information content (AvgIpc) is 2.86. The van der Waals surface area contributed by atoms with Gasteiger partial charge in [-0.15, -0.1) is 0 Å². The summed E-state index contributed by atoms with van der Waals surface area (Å²) in [4.78, 5) is 8.75. The third-order valence-corrected chi connectivity index (χ3v) is 5.43. The average molecular weight is 265 g/mol. The van der Waals surface area contributed by atoms with E-state index in [1.54, 1.807) is 12.4 Å². The number of hydrogen-bond acceptors (Lipinski definition) is 4. The number of thioether (sulfide) groups is 1. The maximum Gasteiger partial charge on any atom is 0.0782 e. The van der Waals surface area contributed by atoms with Crippen LogP contribution in [0.15, 0.2) is 12.4 Å². The minimum atomic E-state index is 0.281. The minimum absolute atomic E-state index is 0.281. The van der Waals surface area contributed by atoms with Gasteiger partial charge in [-0.05, 0) is 32.9 Å². The number of aromatic nitrogens is 2. The molecule has 2 rings (SSSR count). The van der Waals surface area contributed by atoms with Gasteiger partial charge in [0.1, 0.15) is 0 Å². The quantitative estimate of drug-likeness (QED) is 0.887. The molecule has 0 saturated heterocycles. The van der Waals surface area contributed by atoms with Crippen LogP contribution < -0.4 is 5.32 Å². The standard InChI is InChI=1S/C14H23N3S/c1-11-13(16-9-8-15-11)12(2)17-10-14(18-3)6-4-5-7-14/h8-9,12,17H,4-7,10H2,1-3H3. The molecule has 1 fully saturated rings. The van der Waals surface area contributed by atoms with Gasteiger partial charge in [-0.25, -0.2) is 0 Å². The van der Waals surface area contributed by atoms with Gasteiger partial charge in [0, 0.05) is 29.7 Å². The predicted molar refractivity (Wildman–Crippen MR) is 77.9 cm³/mol. The molecule has 18 heavy (non-hydrogen) atoms. The van der Waals surface area contributed by atoms with Gasteiger partial charge >= 0.3 is 0 Å². The third-order valence-electron chi connectivity index (χ3n) is 4.01. The van der Waals surface area contributed by atoms with Crippen LogP contribution in [0.1, 0.15) is 50.0 Å². The molecule has 0 spiro atoms. The molecule has 1 aromatic rings. The summed E-state index contributed by atoms with van der Waals surface area (Å²) < 4.78 is 0.449. The van der Waals surface area contributed by atoms with Gasteiger partial charge in [0.2, 0.25) is 0 Å². The Hall–Kier alpha value is -0.610. The Balaban J connectivity index is 1.96. The van der Waals surface area contributed by atoms with Crippen LogP contribution in [-0.4, -0.2) is 27.5 Å². The Bertz CT molecular complexity index is 388. The summed E-state index contributed by atoms with van der Waals surface area (Å²) in [6, 6.07) is 0.281. The molecule has 1 saturated carbocycles. The smallest absolute Gasteiger partial charge is 0.0782 e. The third kappa shape index (κ3) is 3.04. The van der Waals surface area contributed by atoms with E-state index in [1.165, 1.54) is 25.7 Å². The molecule has 1 heterocycles. The number of hydrogen-bond donors (Lipinski definition) is 1. The van der Waals surface area contributed by atoms with Crippen molar-refractivity contribution in [2.75, 3.05) is 12.8 Å². The van der Waals surface area contributed by atoms with Crippen molar-refractivity contribution in [1.29, 1.82) is 0 Å². The molecule has 1 aliphatic carbocycles. The molecule has 0 aliphatic heterocycles. The van der Waals surface area contributed by atoms with Crippen molar-refractivity contribution in [3.05, 3.63) is 23.8 Å². The molecule has 1 aromatic heterocycles. The fraction of sp³-hybridized carbons (Fsp3) is 0.714. The summed E-state index contributed by atoms with van der Waals surface area (Å²) in [6.07, 6.45) is 11.2. The highest BCUT2D eigenvalue weighted by atomic mass is 32.2. The van der Waals surface area contributed by atoms with Crippen molar-refractivity contribution in [3.8, 4) is 0 Å². The van der Waals surface area contributed by atoms with Crippen LogP contribution in [0.4, 0.5) is 0 Å². The Labute approximate surface area is 114 Å². The second kappa shape index (κ2) is 6.02. The Morgan fingerprint density at radius 2 is 2.00 bits per heavy atom. The van der Waals surface area contributed by atoms with E-state index >= 15 is 0 Å². The first-order valence-corrected chi connectivity index (χ1v) is 7.95. The van der Waals surface area contributed by atoms with E-state index in [0.29, 0.717) is 4.75 Å². The predicted octanol–water partition coefficient (Wildman–Crippen LogP) is 3.11. The number of aryl methyl sites for hydroxylation is 1. The monoisotopic (exact) mass is 265 g/mol. The van der Waals surface area contributed by atoms with Crippen molar-refractivity contribution in [2.24, 2.45) is 0 Å². The molecule has 3 nitrogen and oxygen atoms in total. The molecular formula is C14H23N3S. The Morgan fingerprint density at radius 3 is 2.61 bits per heavy atom. The van der Waals surface area contributed by atoms with E-state index in [2.05, 4.69) is 28.5 Å². The topological polar surface area (TPSA) is 37.8 Å². The summed E-state index contributed by atoms with van der Waals surface area (Å²) in [5.74, 6) is 0. The maximum absolute atomic E-state index is 4.44. The summed E-state index contributed by atoms with van der Waals surface area (Å²) >= 11 is 2.02. The van der Waals surface area contributed by atoms with Gasteiger partial charge in [0.15, 0.2) is 0 Å². The normalized spacial score (nSPS) is 19.9. The van der Waals surface area contributed by atoms with Gasteiger partial charge in [-0.3, -0.25) is 9.97 Å². The highest BCUT2D eigenvalue weighted by Crippen LogP contribution is 2.39. The van der Waals surface area contributed by atoms with Crippen LogP contribution in [-0.2, 0) is 0 Å². The first-order chi connectivity index (χ1) is 8.67. The lowest BCUT2D eigenvalue weighted by molar-refractivity contribution is 0.478. The van der Waals surface area contributed by atoms with Crippen LogP contribution in [0.3, 0.4) is 0 Å². The highest BCUT2D eigenvalue weighted by molar-refractivity contribution is 8.00. The maximum atomic E-state index is 4.44. The van der Waals surface area contributed by atoms with Crippen LogP contribution in [0.5, 0.6) is 0 Å². The van der Waals surface area contributed by atoms with E-state index in [9.17, 15) is 0 Å². The van der Waals surface area contributed by atoms with Crippen molar-refractivity contribution in [1.82, 2.24) is 15.3 Å². The lowest BCUT2D eigenvalue weighted by atomic mass is 10.1. The fourth-order valence-corrected chi connectivity index (χ4v) is 3.68. The second-order valence-corrected chi connectivity index (χ2v) is 6.50. The summed E-state index contributed by atoms with van der Waals surface area (Å²) in [6.45, 7) is 5.28. The molecule has 0 aromatic carbocycles. The lowest BCUT2D eigenvalue weighted by Gasteiger charge is -2.29. The van der Waals surface area contributed by atoms with Crippen molar-refractivity contribution < 1.29 is 0 Å². The van der Waals surface area contributed by atoms with Gasteiger partial charge in [-0.1, -0.05) is 12.8 Å². The number of nitrogens with zero attached hydrogens (tertiary/aromatic N) is 2. The van der Waals surface area contributed by atoms with E-state index < -0.39 is 0 Å². The summed E-state index contributed by atoms with van der Waals surface area (Å²) in [5.41, 5.74) is 2.11. The molecule has 100 valence electrons. The van der Waals surface area contributed by atoms with Crippen molar-refractivity contribution in [2.45, 2.75) is 50.3 Å². The van der Waals surface area contributed by atoms with Gasteiger partial charge in [0.25, 0.3) is 0 Å². The van der Waals surface area contributed by atoms with Gasteiger partial charge in [-0.2, -0.15) is 11.8 Å². The zero-order valence-electron chi connectivity index (χ0n) is 11.6. The first-order valence-electron chi connectivity index (χ1n) is 6.73. The first kappa shape index (κ1) is 13.8. The van der Waals surface area contributed by atoms with Crippen LogP contribution in [0.25, 0.3) is 0 Å².